The Kier molecular flexibility index (Phi) is 4.06. The average Bonchev–Trinajstić information content (AvgIpc) is 2.68. The summed E-state index contributed by atoms with van der Waals surface area (Å²) >= 11 is 9.37. The highest BCUT2D eigenvalue weighted by Crippen LogP contribution is 2.30. The lowest BCUT2D eigenvalue weighted by atomic mass is 9.97. The fourth-order valence-electron chi connectivity index (χ4n) is 1.55. The van der Waals surface area contributed by atoms with Crippen LogP contribution in [0, 0.1) is 5.41 Å². The van der Waals surface area contributed by atoms with Crippen LogP contribution >= 0.6 is 34.7 Å². The molecule has 1 aliphatic rings. The first kappa shape index (κ1) is 13.2. The number of nitrogens with zero attached hydrogens (tertiary/aromatic N) is 1. The molecule has 1 atom stereocenters. The fraction of sp³-hybridized carbons (Fsp3) is 0.583. The number of hydrogen-bond acceptors (Lipinski definition) is 4. The molecule has 2 heterocycles. The summed E-state index contributed by atoms with van der Waals surface area (Å²) in [5, 5.41) is 4.51. The first-order valence-electron chi connectivity index (χ1n) is 5.65. The van der Waals surface area contributed by atoms with Crippen molar-refractivity contribution in [2.75, 3.05) is 12.3 Å². The highest BCUT2D eigenvalue weighted by molar-refractivity contribution is 8.13. The molecule has 0 radical (unpaired) electrons. The SMILES string of the molecule is CC(NC1=NCC(C)(C)CS1)c1ccc(Cl)s1. The van der Waals surface area contributed by atoms with E-state index in [0.29, 0.717) is 5.41 Å². The van der Waals surface area contributed by atoms with Crippen LogP contribution in [0.3, 0.4) is 0 Å². The Bertz CT molecular complexity index is 426. The highest BCUT2D eigenvalue weighted by Gasteiger charge is 2.24. The zero-order valence-corrected chi connectivity index (χ0v) is 12.7. The standard InChI is InChI=1S/C12H17ClN2S2/c1-8(9-4-5-10(13)17-9)15-11-14-6-12(2,3)7-16-11/h4-5,8H,6-7H2,1-3H3,(H,14,15). The van der Waals surface area contributed by atoms with Gasteiger partial charge in [0.2, 0.25) is 0 Å². The number of halogens is 1. The predicted octanol–water partition coefficient (Wildman–Crippen LogP) is 4.18. The third kappa shape index (κ3) is 3.63. The van der Waals surface area contributed by atoms with Crippen molar-refractivity contribution in [2.24, 2.45) is 10.4 Å². The molecular formula is C12H17ClN2S2. The van der Waals surface area contributed by atoms with Crippen molar-refractivity contribution in [1.29, 1.82) is 0 Å². The van der Waals surface area contributed by atoms with Crippen molar-refractivity contribution in [3.63, 3.8) is 0 Å². The van der Waals surface area contributed by atoms with Crippen molar-refractivity contribution in [1.82, 2.24) is 5.32 Å². The molecule has 1 aromatic rings. The van der Waals surface area contributed by atoms with Crippen LogP contribution in [0.1, 0.15) is 31.7 Å². The molecule has 1 unspecified atom stereocenters. The molecule has 2 nitrogen and oxygen atoms in total. The molecule has 1 aliphatic heterocycles. The van der Waals surface area contributed by atoms with E-state index in [2.05, 4.69) is 37.1 Å². The van der Waals surface area contributed by atoms with E-state index in [-0.39, 0.29) is 6.04 Å². The molecule has 0 bridgehead atoms. The van der Waals surface area contributed by atoms with Gasteiger partial charge in [-0.2, -0.15) is 0 Å². The number of nitrogens with one attached hydrogen (secondary N) is 1. The van der Waals surface area contributed by atoms with E-state index in [4.69, 9.17) is 11.6 Å². The highest BCUT2D eigenvalue weighted by atomic mass is 35.5. The van der Waals surface area contributed by atoms with E-state index >= 15 is 0 Å². The Morgan fingerprint density at radius 1 is 1.47 bits per heavy atom. The Morgan fingerprint density at radius 3 is 2.76 bits per heavy atom. The minimum Gasteiger partial charge on any atom is -0.358 e. The molecule has 0 aliphatic carbocycles. The Balaban J connectivity index is 1.96. The minimum absolute atomic E-state index is 0.278. The van der Waals surface area contributed by atoms with E-state index in [0.717, 1.165) is 21.8 Å². The monoisotopic (exact) mass is 288 g/mol. The molecule has 0 spiro atoms. The zero-order chi connectivity index (χ0) is 12.5. The largest absolute Gasteiger partial charge is 0.358 e. The third-order valence-corrected chi connectivity index (χ3v) is 5.47. The lowest BCUT2D eigenvalue weighted by Gasteiger charge is -2.28. The first-order chi connectivity index (χ1) is 7.96. The summed E-state index contributed by atoms with van der Waals surface area (Å²) in [5.41, 5.74) is 0.325. The number of aliphatic imine (C=N–C) groups is 1. The third-order valence-electron chi connectivity index (χ3n) is 2.61. The smallest absolute Gasteiger partial charge is 0.157 e. The summed E-state index contributed by atoms with van der Waals surface area (Å²) in [6, 6.07) is 4.29. The van der Waals surface area contributed by atoms with Gasteiger partial charge in [0, 0.05) is 17.2 Å². The van der Waals surface area contributed by atoms with E-state index in [1.165, 1.54) is 4.88 Å². The predicted molar refractivity (Wildman–Crippen MR) is 79.4 cm³/mol. The van der Waals surface area contributed by atoms with Crippen LogP contribution in [0.2, 0.25) is 4.34 Å². The molecule has 0 amide bonds. The van der Waals surface area contributed by atoms with E-state index < -0.39 is 0 Å². The molecule has 0 saturated carbocycles. The molecule has 0 saturated heterocycles. The summed E-state index contributed by atoms with van der Waals surface area (Å²) < 4.78 is 0.841. The van der Waals surface area contributed by atoms with Crippen LogP contribution in [-0.4, -0.2) is 17.5 Å². The summed E-state index contributed by atoms with van der Waals surface area (Å²) in [7, 11) is 0. The Labute approximate surface area is 116 Å². The maximum atomic E-state index is 5.94. The molecule has 94 valence electrons. The molecule has 2 rings (SSSR count). The van der Waals surface area contributed by atoms with Crippen molar-refractivity contribution >= 4 is 39.9 Å². The van der Waals surface area contributed by atoms with Gasteiger partial charge in [-0.15, -0.1) is 11.3 Å². The van der Waals surface area contributed by atoms with Gasteiger partial charge in [-0.3, -0.25) is 4.99 Å². The van der Waals surface area contributed by atoms with E-state index in [9.17, 15) is 0 Å². The summed E-state index contributed by atoms with van der Waals surface area (Å²) in [5.74, 6) is 1.12. The summed E-state index contributed by atoms with van der Waals surface area (Å²) in [6.45, 7) is 7.55. The van der Waals surface area contributed by atoms with Crippen LogP contribution in [-0.2, 0) is 0 Å². The van der Waals surface area contributed by atoms with Crippen LogP contribution < -0.4 is 5.32 Å². The Morgan fingerprint density at radius 2 is 2.24 bits per heavy atom. The van der Waals surface area contributed by atoms with Crippen LogP contribution in [0.25, 0.3) is 0 Å². The van der Waals surface area contributed by atoms with Gasteiger partial charge < -0.3 is 5.32 Å². The number of thioether (sulfide) groups is 1. The molecular weight excluding hydrogens is 272 g/mol. The Hall–Kier alpha value is -0.190. The van der Waals surface area contributed by atoms with Gasteiger partial charge in [0.05, 0.1) is 10.4 Å². The normalized spacial score (nSPS) is 20.8. The molecule has 5 heteroatoms. The maximum absolute atomic E-state index is 5.94. The maximum Gasteiger partial charge on any atom is 0.157 e. The van der Waals surface area contributed by atoms with Crippen LogP contribution in [0.15, 0.2) is 17.1 Å². The molecule has 1 N–H and O–H groups in total. The number of amidine groups is 1. The second kappa shape index (κ2) is 5.21. The van der Waals surface area contributed by atoms with Gasteiger partial charge in [-0.1, -0.05) is 37.2 Å². The molecule has 0 fully saturated rings. The number of thiophene rings is 1. The van der Waals surface area contributed by atoms with E-state index in [1.54, 1.807) is 11.3 Å². The van der Waals surface area contributed by atoms with Crippen LogP contribution in [0.4, 0.5) is 0 Å². The van der Waals surface area contributed by atoms with Gasteiger partial charge in [-0.25, -0.2) is 0 Å². The quantitative estimate of drug-likeness (QED) is 0.883. The number of rotatable bonds is 2. The van der Waals surface area contributed by atoms with Gasteiger partial charge in [0.1, 0.15) is 0 Å². The second-order valence-electron chi connectivity index (χ2n) is 5.08. The molecule has 17 heavy (non-hydrogen) atoms. The van der Waals surface area contributed by atoms with Crippen LogP contribution in [0.5, 0.6) is 0 Å². The van der Waals surface area contributed by atoms with Crippen molar-refractivity contribution in [2.45, 2.75) is 26.8 Å². The molecule has 1 aromatic heterocycles. The number of hydrogen-bond donors (Lipinski definition) is 1. The zero-order valence-electron chi connectivity index (χ0n) is 10.3. The molecule has 0 aromatic carbocycles. The summed E-state index contributed by atoms with van der Waals surface area (Å²) in [6.07, 6.45) is 0. The van der Waals surface area contributed by atoms with Gasteiger partial charge in [-0.05, 0) is 24.5 Å². The second-order valence-corrected chi connectivity index (χ2v) is 7.79. The van der Waals surface area contributed by atoms with Crippen molar-refractivity contribution in [3.8, 4) is 0 Å². The van der Waals surface area contributed by atoms with Gasteiger partial charge in [0.25, 0.3) is 0 Å². The fourth-order valence-corrected chi connectivity index (χ4v) is 3.64. The van der Waals surface area contributed by atoms with Gasteiger partial charge in [0.15, 0.2) is 5.17 Å². The topological polar surface area (TPSA) is 24.4 Å². The average molecular weight is 289 g/mol. The first-order valence-corrected chi connectivity index (χ1v) is 7.83. The summed E-state index contributed by atoms with van der Waals surface area (Å²) in [4.78, 5) is 5.85. The lowest BCUT2D eigenvalue weighted by molar-refractivity contribution is 0.436. The lowest BCUT2D eigenvalue weighted by Crippen LogP contribution is -2.32. The van der Waals surface area contributed by atoms with Crippen molar-refractivity contribution in [3.05, 3.63) is 21.3 Å². The van der Waals surface area contributed by atoms with Gasteiger partial charge >= 0.3 is 0 Å². The van der Waals surface area contributed by atoms with E-state index in [1.807, 2.05) is 17.8 Å². The van der Waals surface area contributed by atoms with Crippen molar-refractivity contribution < 1.29 is 0 Å². The minimum atomic E-state index is 0.278.